The number of nitrogens with zero attached hydrogens (tertiary/aromatic N) is 6. The largest absolute Gasteiger partial charge is 0.411 e. The summed E-state index contributed by atoms with van der Waals surface area (Å²) in [6, 6.07) is 4.09. The Kier molecular flexibility index (Phi) is 7.17. The second-order valence-electron chi connectivity index (χ2n) is 8.41. The van der Waals surface area contributed by atoms with Gasteiger partial charge in [0.15, 0.2) is 5.82 Å². The number of rotatable bonds is 8. The van der Waals surface area contributed by atoms with Gasteiger partial charge in [0.2, 0.25) is 5.95 Å². The normalized spacial score (nSPS) is 16.9. The topological polar surface area (TPSA) is 93.0 Å². The van der Waals surface area contributed by atoms with Gasteiger partial charge in [-0.25, -0.2) is 9.97 Å². The molecule has 9 nitrogen and oxygen atoms in total. The summed E-state index contributed by atoms with van der Waals surface area (Å²) in [5, 5.41) is 11.3. The van der Waals surface area contributed by atoms with E-state index in [1.165, 1.54) is 0 Å². The molecule has 0 radical (unpaired) electrons. The molecular weight excluding hydrogens is 449 g/mol. The molecule has 1 fully saturated rings. The Balaban J connectivity index is 1.74. The molecule has 1 atom stereocenters. The minimum absolute atomic E-state index is 0.135. The Labute approximate surface area is 195 Å². The van der Waals surface area contributed by atoms with Crippen LogP contribution in [0.15, 0.2) is 18.3 Å². The predicted molar refractivity (Wildman–Crippen MR) is 124 cm³/mol. The van der Waals surface area contributed by atoms with Crippen molar-refractivity contribution < 1.29 is 17.9 Å². The molecule has 0 saturated carbocycles. The zero-order valence-corrected chi connectivity index (χ0v) is 19.5. The van der Waals surface area contributed by atoms with E-state index in [4.69, 9.17) is 14.7 Å². The quantitative estimate of drug-likeness (QED) is 0.477. The van der Waals surface area contributed by atoms with Crippen molar-refractivity contribution in [1.29, 1.82) is 0 Å². The summed E-state index contributed by atoms with van der Waals surface area (Å²) in [4.78, 5) is 16.2. The number of halogens is 3. The summed E-state index contributed by atoms with van der Waals surface area (Å²) in [6.07, 6.45) is -2.05. The van der Waals surface area contributed by atoms with Crippen LogP contribution in [0.2, 0.25) is 0 Å². The molecular formula is C22H29F3N8O. The number of ether oxygens (including phenoxy) is 1. The van der Waals surface area contributed by atoms with E-state index in [9.17, 15) is 13.2 Å². The van der Waals surface area contributed by atoms with Gasteiger partial charge in [-0.05, 0) is 38.0 Å². The van der Waals surface area contributed by atoms with Crippen molar-refractivity contribution >= 4 is 28.6 Å². The number of nitrogens with one attached hydrogen (secondary N) is 2. The van der Waals surface area contributed by atoms with E-state index in [1.807, 2.05) is 26.0 Å². The fraction of sp³-hybridized carbons (Fsp3) is 0.545. The van der Waals surface area contributed by atoms with Gasteiger partial charge in [-0.2, -0.15) is 23.3 Å². The van der Waals surface area contributed by atoms with Crippen molar-refractivity contribution in [3.8, 4) is 0 Å². The average molecular weight is 479 g/mol. The lowest BCUT2D eigenvalue weighted by atomic mass is 10.2. The van der Waals surface area contributed by atoms with Gasteiger partial charge in [-0.3, -0.25) is 4.68 Å². The SMILES string of the molecule is CCc1nn(CCOCC(F)(F)F)c2c(Nc3cc(C)ccn3)nc(N3CCN[C@H](C)C3)nc12. The number of aryl methyl sites for hydroxylation is 2. The monoisotopic (exact) mass is 478 g/mol. The zero-order valence-electron chi connectivity index (χ0n) is 19.5. The molecule has 0 amide bonds. The van der Waals surface area contributed by atoms with Crippen molar-refractivity contribution in [3.63, 3.8) is 0 Å². The maximum atomic E-state index is 12.5. The molecule has 184 valence electrons. The molecule has 34 heavy (non-hydrogen) atoms. The molecule has 0 aromatic carbocycles. The highest BCUT2D eigenvalue weighted by atomic mass is 19.4. The van der Waals surface area contributed by atoms with Crippen LogP contribution in [0.1, 0.15) is 25.1 Å². The molecule has 4 heterocycles. The lowest BCUT2D eigenvalue weighted by molar-refractivity contribution is -0.174. The summed E-state index contributed by atoms with van der Waals surface area (Å²) in [7, 11) is 0. The van der Waals surface area contributed by atoms with E-state index in [2.05, 4.69) is 32.5 Å². The van der Waals surface area contributed by atoms with E-state index < -0.39 is 12.8 Å². The fourth-order valence-electron chi connectivity index (χ4n) is 3.94. The summed E-state index contributed by atoms with van der Waals surface area (Å²) in [6.45, 7) is 7.08. The number of alkyl halides is 3. The number of hydrogen-bond acceptors (Lipinski definition) is 8. The van der Waals surface area contributed by atoms with Gasteiger partial charge in [0.25, 0.3) is 0 Å². The van der Waals surface area contributed by atoms with Gasteiger partial charge >= 0.3 is 6.18 Å². The van der Waals surface area contributed by atoms with Gasteiger partial charge in [-0.15, -0.1) is 0 Å². The molecule has 0 spiro atoms. The molecule has 0 aliphatic carbocycles. The van der Waals surface area contributed by atoms with E-state index in [0.717, 1.165) is 30.9 Å². The summed E-state index contributed by atoms with van der Waals surface area (Å²) < 4.78 is 43.9. The first-order chi connectivity index (χ1) is 16.2. The van der Waals surface area contributed by atoms with E-state index in [1.54, 1.807) is 10.9 Å². The van der Waals surface area contributed by atoms with Crippen LogP contribution in [0.25, 0.3) is 11.0 Å². The summed E-state index contributed by atoms with van der Waals surface area (Å²) in [5.74, 6) is 1.70. The number of hydrogen-bond donors (Lipinski definition) is 2. The number of pyridine rings is 1. The van der Waals surface area contributed by atoms with E-state index in [-0.39, 0.29) is 13.2 Å². The van der Waals surface area contributed by atoms with Crippen molar-refractivity contribution in [1.82, 2.24) is 30.0 Å². The molecule has 3 aromatic heterocycles. The Morgan fingerprint density at radius 3 is 2.82 bits per heavy atom. The van der Waals surface area contributed by atoms with Crippen LogP contribution >= 0.6 is 0 Å². The lowest BCUT2D eigenvalue weighted by Gasteiger charge is -2.32. The first-order valence-electron chi connectivity index (χ1n) is 11.3. The van der Waals surface area contributed by atoms with Crippen LogP contribution in [0.4, 0.5) is 30.8 Å². The van der Waals surface area contributed by atoms with Crippen LogP contribution < -0.4 is 15.5 Å². The molecule has 1 saturated heterocycles. The first-order valence-corrected chi connectivity index (χ1v) is 11.3. The maximum absolute atomic E-state index is 12.5. The Bertz CT molecular complexity index is 1130. The minimum atomic E-state index is -4.37. The zero-order chi connectivity index (χ0) is 24.3. The lowest BCUT2D eigenvalue weighted by Crippen LogP contribution is -2.49. The number of anilines is 3. The van der Waals surface area contributed by atoms with Crippen molar-refractivity contribution in [2.75, 3.05) is 43.1 Å². The van der Waals surface area contributed by atoms with Crippen LogP contribution in [-0.4, -0.2) is 69.8 Å². The standard InChI is InChI=1S/C22H29F3N8O/c1-4-16-18-19(33(31-16)9-10-34-13-22(23,24)25)20(28-17-11-14(2)5-6-27-17)30-21(29-18)32-8-7-26-15(3)12-32/h5-6,11,15,26H,4,7-10,12-13H2,1-3H3,(H,27,28,29,30)/t15-/m1/s1. The first kappa shape index (κ1) is 24.1. The van der Waals surface area contributed by atoms with Crippen molar-refractivity contribution in [3.05, 3.63) is 29.6 Å². The highest BCUT2D eigenvalue weighted by Crippen LogP contribution is 2.29. The van der Waals surface area contributed by atoms with Gasteiger partial charge < -0.3 is 20.3 Å². The molecule has 1 aliphatic rings. The van der Waals surface area contributed by atoms with Crippen LogP contribution in [0, 0.1) is 6.92 Å². The molecule has 2 N–H and O–H groups in total. The second kappa shape index (κ2) is 10.1. The van der Waals surface area contributed by atoms with Gasteiger partial charge in [-0.1, -0.05) is 6.92 Å². The number of fused-ring (bicyclic) bond motifs is 1. The third-order valence-corrected chi connectivity index (χ3v) is 5.51. The summed E-state index contributed by atoms with van der Waals surface area (Å²) >= 11 is 0. The molecule has 1 aliphatic heterocycles. The average Bonchev–Trinajstić information content (AvgIpc) is 3.14. The number of aromatic nitrogens is 5. The van der Waals surface area contributed by atoms with Gasteiger partial charge in [0.1, 0.15) is 23.5 Å². The molecule has 3 aromatic rings. The highest BCUT2D eigenvalue weighted by molar-refractivity contribution is 5.90. The minimum Gasteiger partial charge on any atom is -0.370 e. The smallest absolute Gasteiger partial charge is 0.370 e. The fourth-order valence-corrected chi connectivity index (χ4v) is 3.94. The Hall–Kier alpha value is -2.99. The Morgan fingerprint density at radius 2 is 2.12 bits per heavy atom. The Morgan fingerprint density at radius 1 is 1.29 bits per heavy atom. The molecule has 0 unspecified atom stereocenters. The van der Waals surface area contributed by atoms with E-state index in [0.29, 0.717) is 41.1 Å². The third kappa shape index (κ3) is 5.73. The van der Waals surface area contributed by atoms with Gasteiger partial charge in [0.05, 0.1) is 18.8 Å². The van der Waals surface area contributed by atoms with Crippen LogP contribution in [0.5, 0.6) is 0 Å². The highest BCUT2D eigenvalue weighted by Gasteiger charge is 2.28. The summed E-state index contributed by atoms with van der Waals surface area (Å²) in [5.41, 5.74) is 3.06. The number of piperazine rings is 1. The second-order valence-corrected chi connectivity index (χ2v) is 8.41. The van der Waals surface area contributed by atoms with Crippen molar-refractivity contribution in [2.45, 2.75) is 46.0 Å². The van der Waals surface area contributed by atoms with Crippen molar-refractivity contribution in [2.24, 2.45) is 0 Å². The molecule has 4 rings (SSSR count). The van der Waals surface area contributed by atoms with Gasteiger partial charge in [0, 0.05) is 31.9 Å². The van der Waals surface area contributed by atoms with Crippen LogP contribution in [-0.2, 0) is 17.7 Å². The molecule has 0 bridgehead atoms. The van der Waals surface area contributed by atoms with E-state index >= 15 is 0 Å². The predicted octanol–water partition coefficient (Wildman–Crippen LogP) is 3.21. The maximum Gasteiger partial charge on any atom is 0.411 e. The van der Waals surface area contributed by atoms with Crippen LogP contribution in [0.3, 0.4) is 0 Å². The molecule has 12 heteroatoms. The third-order valence-electron chi connectivity index (χ3n) is 5.51.